The van der Waals surface area contributed by atoms with Crippen molar-refractivity contribution >= 4 is 33.5 Å². The number of rotatable bonds is 5. The van der Waals surface area contributed by atoms with Crippen molar-refractivity contribution in [1.29, 1.82) is 5.26 Å². The third-order valence-corrected chi connectivity index (χ3v) is 5.43. The van der Waals surface area contributed by atoms with Gasteiger partial charge in [0.2, 0.25) is 5.91 Å². The molecule has 1 atom stereocenters. The van der Waals surface area contributed by atoms with Gasteiger partial charge in [0.15, 0.2) is 0 Å². The van der Waals surface area contributed by atoms with Crippen molar-refractivity contribution in [3.05, 3.63) is 48.2 Å². The lowest BCUT2D eigenvalue weighted by Crippen LogP contribution is -2.23. The number of aromatic amines is 1. The van der Waals surface area contributed by atoms with E-state index in [4.69, 9.17) is 9.72 Å². The quantitative estimate of drug-likeness (QED) is 0.549. The van der Waals surface area contributed by atoms with Gasteiger partial charge < -0.3 is 14.6 Å². The van der Waals surface area contributed by atoms with Crippen molar-refractivity contribution in [3.8, 4) is 6.07 Å². The van der Waals surface area contributed by atoms with Crippen molar-refractivity contribution in [2.24, 2.45) is 0 Å². The summed E-state index contributed by atoms with van der Waals surface area (Å²) < 4.78 is 6.84. The highest BCUT2D eigenvalue weighted by Gasteiger charge is 2.34. The molecule has 1 fully saturated rings. The third-order valence-electron chi connectivity index (χ3n) is 5.43. The van der Waals surface area contributed by atoms with Gasteiger partial charge in [0, 0.05) is 37.6 Å². The fourth-order valence-electron chi connectivity index (χ4n) is 3.88. The van der Waals surface area contributed by atoms with E-state index in [1.54, 1.807) is 41.2 Å². The molecule has 1 saturated heterocycles. The maximum absolute atomic E-state index is 12.7. The Bertz CT molecular complexity index is 1300. The zero-order chi connectivity index (χ0) is 20.7. The molecule has 9 heteroatoms. The molecule has 1 aliphatic rings. The van der Waals surface area contributed by atoms with E-state index in [0.717, 1.165) is 33.4 Å². The number of hydrogen-bond acceptors (Lipinski definition) is 6. The minimum absolute atomic E-state index is 0.0431. The number of methoxy groups -OCH3 is 1. The number of imidazole rings is 1. The second kappa shape index (κ2) is 7.24. The summed E-state index contributed by atoms with van der Waals surface area (Å²) in [5.74, 6) is 0.743. The van der Waals surface area contributed by atoms with Gasteiger partial charge in [0.1, 0.15) is 5.82 Å². The van der Waals surface area contributed by atoms with Gasteiger partial charge in [-0.1, -0.05) is 0 Å². The Morgan fingerprint density at radius 3 is 3.10 bits per heavy atom. The maximum Gasteiger partial charge on any atom is 0.227 e. The summed E-state index contributed by atoms with van der Waals surface area (Å²) in [6.07, 6.45) is 5.68. The molecular weight excluding hydrogens is 382 g/mol. The van der Waals surface area contributed by atoms with E-state index < -0.39 is 0 Å². The van der Waals surface area contributed by atoms with Gasteiger partial charge in [-0.15, -0.1) is 0 Å². The lowest BCUT2D eigenvalue weighted by molar-refractivity contribution is -0.117. The summed E-state index contributed by atoms with van der Waals surface area (Å²) in [6.45, 7) is 1.73. The SMILES string of the molecule is COCCn1cc(N2CC(c3nc4c(cnc5ccc(C#N)cc54)[nH]3)CC2=O)cn1. The molecule has 1 aromatic carbocycles. The summed E-state index contributed by atoms with van der Waals surface area (Å²) in [6, 6.07) is 7.53. The molecule has 30 heavy (non-hydrogen) atoms. The number of carbonyl (C=O) groups excluding carboxylic acids is 1. The van der Waals surface area contributed by atoms with Crippen LogP contribution in [0.2, 0.25) is 0 Å². The molecular formula is C21H19N7O2. The first-order chi connectivity index (χ1) is 14.7. The number of carbonyl (C=O) groups is 1. The molecule has 3 aromatic heterocycles. The van der Waals surface area contributed by atoms with Gasteiger partial charge in [-0.05, 0) is 18.2 Å². The van der Waals surface area contributed by atoms with Crippen molar-refractivity contribution in [3.63, 3.8) is 0 Å². The topological polar surface area (TPSA) is 113 Å². The van der Waals surface area contributed by atoms with Gasteiger partial charge in [-0.25, -0.2) is 4.98 Å². The fraction of sp³-hybridized carbons (Fsp3) is 0.286. The summed E-state index contributed by atoms with van der Waals surface area (Å²) >= 11 is 0. The third kappa shape index (κ3) is 3.07. The monoisotopic (exact) mass is 401 g/mol. The Kier molecular flexibility index (Phi) is 4.41. The number of hydrogen-bond donors (Lipinski definition) is 1. The van der Waals surface area contributed by atoms with Crippen LogP contribution in [0.25, 0.3) is 21.9 Å². The molecule has 9 nitrogen and oxygen atoms in total. The van der Waals surface area contributed by atoms with Crippen LogP contribution in [0.15, 0.2) is 36.8 Å². The number of amides is 1. The van der Waals surface area contributed by atoms with E-state index in [1.165, 1.54) is 0 Å². The number of aromatic nitrogens is 5. The molecule has 0 radical (unpaired) electrons. The van der Waals surface area contributed by atoms with E-state index >= 15 is 0 Å². The largest absolute Gasteiger partial charge is 0.383 e. The molecule has 1 N–H and O–H groups in total. The summed E-state index contributed by atoms with van der Waals surface area (Å²) in [5.41, 5.74) is 3.69. The van der Waals surface area contributed by atoms with Crippen LogP contribution in [0.3, 0.4) is 0 Å². The average molecular weight is 401 g/mol. The number of anilines is 1. The van der Waals surface area contributed by atoms with E-state index in [9.17, 15) is 10.1 Å². The Labute approximate surface area is 171 Å². The number of nitrogens with one attached hydrogen (secondary N) is 1. The first-order valence-electron chi connectivity index (χ1n) is 9.66. The molecule has 4 aromatic rings. The highest BCUT2D eigenvalue weighted by atomic mass is 16.5. The summed E-state index contributed by atoms with van der Waals surface area (Å²) in [4.78, 5) is 27.0. The molecule has 0 aliphatic carbocycles. The van der Waals surface area contributed by atoms with E-state index in [2.05, 4.69) is 21.1 Å². The van der Waals surface area contributed by atoms with Crippen LogP contribution in [-0.4, -0.2) is 50.9 Å². The normalized spacial score (nSPS) is 16.6. The number of benzene rings is 1. The standard InChI is InChI=1S/C21H19N7O2/c1-30-5-4-27-12-15(9-24-27)28-11-14(7-19(28)29)21-25-18-10-23-17-3-2-13(8-22)6-16(17)20(18)26-21/h2-3,6,9-10,12,14H,4-5,7,11H2,1H3,(H,25,26). The first-order valence-corrected chi connectivity index (χ1v) is 9.66. The van der Waals surface area contributed by atoms with Gasteiger partial charge >= 0.3 is 0 Å². The van der Waals surface area contributed by atoms with E-state index in [1.807, 2.05) is 12.3 Å². The minimum atomic E-state index is -0.0542. The number of ether oxygens (including phenoxy) is 1. The Morgan fingerprint density at radius 2 is 2.27 bits per heavy atom. The van der Waals surface area contributed by atoms with Crippen molar-refractivity contribution < 1.29 is 9.53 Å². The smallest absolute Gasteiger partial charge is 0.227 e. The fourth-order valence-corrected chi connectivity index (χ4v) is 3.88. The second-order valence-electron chi connectivity index (χ2n) is 7.35. The Morgan fingerprint density at radius 1 is 1.37 bits per heavy atom. The number of nitriles is 1. The zero-order valence-corrected chi connectivity index (χ0v) is 16.4. The Hall–Kier alpha value is -3.77. The number of nitrogens with zero attached hydrogens (tertiary/aromatic N) is 6. The number of fused-ring (bicyclic) bond motifs is 3. The minimum Gasteiger partial charge on any atom is -0.383 e. The van der Waals surface area contributed by atoms with Crippen molar-refractivity contribution in [1.82, 2.24) is 24.7 Å². The Balaban J connectivity index is 1.44. The van der Waals surface area contributed by atoms with E-state index in [0.29, 0.717) is 31.7 Å². The van der Waals surface area contributed by atoms with Gasteiger partial charge in [0.05, 0.1) is 59.4 Å². The predicted molar refractivity (Wildman–Crippen MR) is 110 cm³/mol. The van der Waals surface area contributed by atoms with Crippen molar-refractivity contribution in [2.45, 2.75) is 18.9 Å². The molecule has 150 valence electrons. The first kappa shape index (κ1) is 18.3. The lowest BCUT2D eigenvalue weighted by Gasteiger charge is -2.13. The maximum atomic E-state index is 12.7. The highest BCUT2D eigenvalue weighted by molar-refractivity contribution is 6.02. The molecule has 0 bridgehead atoms. The van der Waals surface area contributed by atoms with Crippen LogP contribution < -0.4 is 4.90 Å². The van der Waals surface area contributed by atoms with Crippen LogP contribution >= 0.6 is 0 Å². The molecule has 0 spiro atoms. The van der Waals surface area contributed by atoms with E-state index in [-0.39, 0.29) is 11.8 Å². The van der Waals surface area contributed by atoms with Crippen LogP contribution in [0.1, 0.15) is 23.7 Å². The molecule has 4 heterocycles. The summed E-state index contributed by atoms with van der Waals surface area (Å²) in [5, 5.41) is 14.3. The lowest BCUT2D eigenvalue weighted by atomic mass is 10.1. The molecule has 1 aliphatic heterocycles. The molecule has 1 amide bonds. The van der Waals surface area contributed by atoms with Crippen LogP contribution in [0.4, 0.5) is 5.69 Å². The molecule has 0 saturated carbocycles. The molecule has 1 unspecified atom stereocenters. The average Bonchev–Trinajstić information content (AvgIpc) is 3.49. The predicted octanol–water partition coefficient (Wildman–Crippen LogP) is 2.35. The van der Waals surface area contributed by atoms with Crippen molar-refractivity contribution in [2.75, 3.05) is 25.2 Å². The zero-order valence-electron chi connectivity index (χ0n) is 16.4. The van der Waals surface area contributed by atoms with Gasteiger partial charge in [0.25, 0.3) is 0 Å². The van der Waals surface area contributed by atoms with Crippen LogP contribution in [0, 0.1) is 11.3 Å². The van der Waals surface area contributed by atoms with Crippen LogP contribution in [0.5, 0.6) is 0 Å². The molecule has 5 rings (SSSR count). The van der Waals surface area contributed by atoms with Gasteiger partial charge in [-0.3, -0.25) is 14.5 Å². The highest BCUT2D eigenvalue weighted by Crippen LogP contribution is 2.32. The van der Waals surface area contributed by atoms with Gasteiger partial charge in [-0.2, -0.15) is 10.4 Å². The van der Waals surface area contributed by atoms with Crippen LogP contribution in [-0.2, 0) is 16.1 Å². The number of pyridine rings is 1. The summed E-state index contributed by atoms with van der Waals surface area (Å²) in [7, 11) is 1.65. The second-order valence-corrected chi connectivity index (χ2v) is 7.35. The number of H-pyrrole nitrogens is 1.